The normalized spacial score (nSPS) is 14.3. The van der Waals surface area contributed by atoms with E-state index in [1.165, 1.54) is 31.2 Å². The number of carbonyl (C=O) groups is 2. The van der Waals surface area contributed by atoms with Crippen LogP contribution in [0.15, 0.2) is 18.3 Å². The lowest BCUT2D eigenvalue weighted by Gasteiger charge is -2.20. The van der Waals surface area contributed by atoms with E-state index in [1.54, 1.807) is 4.90 Å². The summed E-state index contributed by atoms with van der Waals surface area (Å²) in [7, 11) is 0. The first-order valence-electron chi connectivity index (χ1n) is 6.10. The van der Waals surface area contributed by atoms with Crippen LogP contribution < -0.4 is 0 Å². The van der Waals surface area contributed by atoms with Crippen LogP contribution in [-0.2, 0) is 0 Å². The van der Waals surface area contributed by atoms with Gasteiger partial charge < -0.3 is 10.0 Å². The molecule has 2 rings (SSSR count). The Bertz CT molecular complexity index is 469. The molecule has 96 valence electrons. The molecule has 1 heterocycles. The molecule has 0 aliphatic heterocycles. The summed E-state index contributed by atoms with van der Waals surface area (Å²) in [6.45, 7) is 3.28. The van der Waals surface area contributed by atoms with Crippen LogP contribution in [0.5, 0.6) is 0 Å². The van der Waals surface area contributed by atoms with Gasteiger partial charge in [-0.25, -0.2) is 4.79 Å². The highest BCUT2D eigenvalue weighted by atomic mass is 16.4. The molecule has 5 nitrogen and oxygen atoms in total. The largest absolute Gasteiger partial charge is 0.478 e. The third kappa shape index (κ3) is 2.85. The first-order chi connectivity index (χ1) is 8.61. The maximum Gasteiger partial charge on any atom is 0.335 e. The summed E-state index contributed by atoms with van der Waals surface area (Å²) in [5, 5.41) is 8.89. The molecule has 1 aliphatic carbocycles. The molecule has 18 heavy (non-hydrogen) atoms. The molecule has 0 bridgehead atoms. The molecule has 1 aromatic heterocycles. The molecular weight excluding hydrogens is 232 g/mol. The van der Waals surface area contributed by atoms with E-state index < -0.39 is 5.97 Å². The van der Waals surface area contributed by atoms with Gasteiger partial charge in [0.15, 0.2) is 0 Å². The summed E-state index contributed by atoms with van der Waals surface area (Å²) in [6, 6.07) is 2.72. The minimum atomic E-state index is -1.04. The van der Waals surface area contributed by atoms with Crippen molar-refractivity contribution in [1.29, 1.82) is 0 Å². The second kappa shape index (κ2) is 5.16. The fourth-order valence-corrected chi connectivity index (χ4v) is 1.81. The fraction of sp³-hybridized carbons (Fsp3) is 0.462. The Balaban J connectivity index is 2.15. The zero-order valence-electron chi connectivity index (χ0n) is 10.3. The van der Waals surface area contributed by atoms with Crippen molar-refractivity contribution in [3.05, 3.63) is 29.6 Å². The smallest absolute Gasteiger partial charge is 0.335 e. The Labute approximate surface area is 105 Å². The third-order valence-corrected chi connectivity index (χ3v) is 3.07. The van der Waals surface area contributed by atoms with E-state index in [1.807, 2.05) is 6.92 Å². The molecule has 1 amide bonds. The number of nitrogens with zero attached hydrogens (tertiary/aromatic N) is 2. The molecule has 0 spiro atoms. The topological polar surface area (TPSA) is 70.5 Å². The lowest BCUT2D eigenvalue weighted by molar-refractivity contribution is 0.0696. The zero-order valence-corrected chi connectivity index (χ0v) is 10.3. The molecule has 1 aromatic rings. The summed E-state index contributed by atoms with van der Waals surface area (Å²) in [5.41, 5.74) is 0.299. The van der Waals surface area contributed by atoms with Gasteiger partial charge in [0.25, 0.3) is 5.91 Å². The van der Waals surface area contributed by atoms with Crippen molar-refractivity contribution < 1.29 is 14.7 Å². The average molecular weight is 248 g/mol. The lowest BCUT2D eigenvalue weighted by atomic mass is 10.2. The number of aromatic carboxylic acids is 1. The average Bonchev–Trinajstić information content (AvgIpc) is 3.19. The molecular formula is C13H16N2O3. The number of hydrogen-bond donors (Lipinski definition) is 1. The van der Waals surface area contributed by atoms with Gasteiger partial charge in [0.2, 0.25) is 0 Å². The van der Waals surface area contributed by atoms with Gasteiger partial charge in [-0.05, 0) is 37.8 Å². The van der Waals surface area contributed by atoms with E-state index in [-0.39, 0.29) is 17.2 Å². The van der Waals surface area contributed by atoms with Crippen LogP contribution in [0.3, 0.4) is 0 Å². The molecule has 0 saturated heterocycles. The van der Waals surface area contributed by atoms with Gasteiger partial charge in [0.1, 0.15) is 5.69 Å². The van der Waals surface area contributed by atoms with Crippen molar-refractivity contribution in [2.75, 3.05) is 13.1 Å². The van der Waals surface area contributed by atoms with Crippen molar-refractivity contribution in [2.24, 2.45) is 5.92 Å². The van der Waals surface area contributed by atoms with Gasteiger partial charge >= 0.3 is 5.97 Å². The van der Waals surface area contributed by atoms with Crippen LogP contribution in [0.1, 0.15) is 40.6 Å². The Kier molecular flexibility index (Phi) is 3.60. The van der Waals surface area contributed by atoms with Gasteiger partial charge in [-0.15, -0.1) is 0 Å². The maximum atomic E-state index is 12.2. The summed E-state index contributed by atoms with van der Waals surface area (Å²) in [6.07, 6.45) is 3.71. The van der Waals surface area contributed by atoms with Crippen LogP contribution in [0.25, 0.3) is 0 Å². The zero-order chi connectivity index (χ0) is 13.1. The fourth-order valence-electron chi connectivity index (χ4n) is 1.81. The van der Waals surface area contributed by atoms with Gasteiger partial charge in [-0.3, -0.25) is 9.78 Å². The predicted octanol–water partition coefficient (Wildman–Crippen LogP) is 1.65. The number of hydrogen-bond acceptors (Lipinski definition) is 3. The van der Waals surface area contributed by atoms with Gasteiger partial charge in [-0.2, -0.15) is 0 Å². The van der Waals surface area contributed by atoms with E-state index in [0.29, 0.717) is 12.5 Å². The third-order valence-electron chi connectivity index (χ3n) is 3.07. The molecule has 1 fully saturated rings. The van der Waals surface area contributed by atoms with Gasteiger partial charge in [-0.1, -0.05) is 0 Å². The quantitative estimate of drug-likeness (QED) is 0.860. The first kappa shape index (κ1) is 12.5. The lowest BCUT2D eigenvalue weighted by Crippen LogP contribution is -2.33. The minimum Gasteiger partial charge on any atom is -0.478 e. The second-order valence-electron chi connectivity index (χ2n) is 4.52. The molecule has 0 atom stereocenters. The number of aromatic nitrogens is 1. The number of rotatable bonds is 5. The highest BCUT2D eigenvalue weighted by Crippen LogP contribution is 2.29. The molecule has 0 radical (unpaired) electrons. The summed E-state index contributed by atoms with van der Waals surface area (Å²) in [4.78, 5) is 28.7. The van der Waals surface area contributed by atoms with Crippen LogP contribution in [0.2, 0.25) is 0 Å². The number of amides is 1. The molecule has 0 unspecified atom stereocenters. The van der Waals surface area contributed by atoms with Crippen LogP contribution in [0, 0.1) is 5.92 Å². The standard InChI is InChI=1S/C13H16N2O3/c1-2-15(8-9-3-4-9)12(16)11-7-10(13(17)18)5-6-14-11/h5-7,9H,2-4,8H2,1H3,(H,17,18). The van der Waals surface area contributed by atoms with Crippen LogP contribution in [0.4, 0.5) is 0 Å². The number of carboxylic acids is 1. The van der Waals surface area contributed by atoms with E-state index in [0.717, 1.165) is 6.54 Å². The molecule has 1 saturated carbocycles. The number of carbonyl (C=O) groups excluding carboxylic acids is 1. The Morgan fingerprint density at radius 2 is 2.22 bits per heavy atom. The van der Waals surface area contributed by atoms with E-state index in [4.69, 9.17) is 5.11 Å². The molecule has 1 N–H and O–H groups in total. The van der Waals surface area contributed by atoms with Crippen LogP contribution in [-0.4, -0.2) is 40.0 Å². The second-order valence-corrected chi connectivity index (χ2v) is 4.52. The Morgan fingerprint density at radius 1 is 1.50 bits per heavy atom. The van der Waals surface area contributed by atoms with Crippen molar-refractivity contribution in [3.8, 4) is 0 Å². The van der Waals surface area contributed by atoms with Crippen molar-refractivity contribution in [3.63, 3.8) is 0 Å². The van der Waals surface area contributed by atoms with E-state index >= 15 is 0 Å². The van der Waals surface area contributed by atoms with E-state index in [2.05, 4.69) is 4.98 Å². The maximum absolute atomic E-state index is 12.2. The Hall–Kier alpha value is -1.91. The summed E-state index contributed by atoms with van der Waals surface area (Å²) < 4.78 is 0. The van der Waals surface area contributed by atoms with Gasteiger partial charge in [0.05, 0.1) is 5.56 Å². The number of carboxylic acid groups (broad SMARTS) is 1. The van der Waals surface area contributed by atoms with Gasteiger partial charge in [0, 0.05) is 19.3 Å². The highest BCUT2D eigenvalue weighted by molar-refractivity contribution is 5.95. The highest BCUT2D eigenvalue weighted by Gasteiger charge is 2.27. The summed E-state index contributed by atoms with van der Waals surface area (Å²) >= 11 is 0. The van der Waals surface area contributed by atoms with Crippen LogP contribution >= 0.6 is 0 Å². The van der Waals surface area contributed by atoms with Crippen molar-refractivity contribution in [2.45, 2.75) is 19.8 Å². The predicted molar refractivity (Wildman–Crippen MR) is 65.5 cm³/mol. The Morgan fingerprint density at radius 3 is 2.78 bits per heavy atom. The van der Waals surface area contributed by atoms with Crippen molar-refractivity contribution >= 4 is 11.9 Å². The number of pyridine rings is 1. The first-order valence-corrected chi connectivity index (χ1v) is 6.10. The van der Waals surface area contributed by atoms with E-state index in [9.17, 15) is 9.59 Å². The summed E-state index contributed by atoms with van der Waals surface area (Å²) in [5.74, 6) is -0.624. The SMILES string of the molecule is CCN(CC1CC1)C(=O)c1cc(C(=O)O)ccn1. The molecule has 5 heteroatoms. The monoisotopic (exact) mass is 248 g/mol. The van der Waals surface area contributed by atoms with Crippen molar-refractivity contribution in [1.82, 2.24) is 9.88 Å². The minimum absolute atomic E-state index is 0.0934. The molecule has 0 aromatic carbocycles. The molecule has 1 aliphatic rings.